The van der Waals surface area contributed by atoms with Crippen LogP contribution in [0.25, 0.3) is 11.1 Å². The molecule has 1 aromatic carbocycles. The number of nitrogens with zero attached hydrogens (tertiary/aromatic N) is 4. The van der Waals surface area contributed by atoms with Crippen LogP contribution in [0.4, 0.5) is 10.5 Å². The van der Waals surface area contributed by atoms with Gasteiger partial charge in [0.1, 0.15) is 5.75 Å². The second kappa shape index (κ2) is 8.99. The number of hydrogen-bond acceptors (Lipinski definition) is 5. The third-order valence-electron chi connectivity index (χ3n) is 7.57. The van der Waals surface area contributed by atoms with Crippen LogP contribution in [-0.4, -0.2) is 71.4 Å². The lowest BCUT2D eigenvalue weighted by Gasteiger charge is -2.36. The Hall–Kier alpha value is -2.58. The van der Waals surface area contributed by atoms with Crippen molar-refractivity contribution in [2.75, 3.05) is 32.1 Å². The number of ether oxygens (including phenoxy) is 2. The van der Waals surface area contributed by atoms with Gasteiger partial charge in [-0.2, -0.15) is 5.10 Å². The Kier molecular flexibility index (Phi) is 6.05. The van der Waals surface area contributed by atoms with Crippen LogP contribution < -0.4 is 9.64 Å². The second-order valence-electron chi connectivity index (χ2n) is 9.75. The molecule has 1 saturated heterocycles. The molecule has 3 aliphatic rings. The second-order valence-corrected chi connectivity index (χ2v) is 9.75. The average molecular weight is 455 g/mol. The summed E-state index contributed by atoms with van der Waals surface area (Å²) >= 11 is 0. The first-order valence-corrected chi connectivity index (χ1v) is 12.1. The third kappa shape index (κ3) is 4.10. The van der Waals surface area contributed by atoms with E-state index in [9.17, 15) is 9.90 Å². The highest BCUT2D eigenvalue weighted by atomic mass is 16.5. The van der Waals surface area contributed by atoms with Gasteiger partial charge in [0.25, 0.3) is 0 Å². The molecule has 1 amide bonds. The Morgan fingerprint density at radius 2 is 2.03 bits per heavy atom. The first-order valence-electron chi connectivity index (χ1n) is 12.1. The fourth-order valence-electron chi connectivity index (χ4n) is 5.36. The van der Waals surface area contributed by atoms with E-state index in [4.69, 9.17) is 14.6 Å². The molecule has 2 unspecified atom stereocenters. The largest absolute Gasteiger partial charge is 0.489 e. The van der Waals surface area contributed by atoms with Gasteiger partial charge in [-0.1, -0.05) is 0 Å². The van der Waals surface area contributed by atoms with Crippen LogP contribution in [0.15, 0.2) is 24.5 Å². The molecule has 1 saturated carbocycles. The molecule has 2 aliphatic heterocycles. The minimum Gasteiger partial charge on any atom is -0.489 e. The van der Waals surface area contributed by atoms with Gasteiger partial charge in [-0.3, -0.25) is 9.58 Å². The standard InChI is InChI=1S/C25H34N4O4/c1-16-7-8-20-21(29(16)25(30)31)10-9-19(24(20)33-18-5-4-6-18)17-13-26-28(14-17)22-11-12-27(2)15-23(22)32-3/h9-10,13-14,16,18,22-23H,4-8,11-12,15H2,1-3H3,(H,30,31)/t16-,22?,23?/m0/s1. The molecule has 1 aromatic heterocycles. The van der Waals surface area contributed by atoms with Crippen LogP contribution in [0.2, 0.25) is 0 Å². The molecule has 5 rings (SSSR count). The molecule has 3 heterocycles. The highest BCUT2D eigenvalue weighted by Crippen LogP contribution is 2.44. The number of amides is 1. The number of fused-ring (bicyclic) bond motifs is 1. The average Bonchev–Trinajstić information content (AvgIpc) is 3.25. The SMILES string of the molecule is COC1CN(C)CCC1n1cc(-c2ccc3c(c2OC2CCC2)CC[C@H](C)N3C(=O)O)cn1. The first-order chi connectivity index (χ1) is 16.0. The minimum absolute atomic E-state index is 0.0458. The molecule has 0 spiro atoms. The van der Waals surface area contributed by atoms with Gasteiger partial charge < -0.3 is 19.5 Å². The summed E-state index contributed by atoms with van der Waals surface area (Å²) in [4.78, 5) is 15.8. The van der Waals surface area contributed by atoms with E-state index in [0.717, 1.165) is 73.3 Å². The number of hydrogen-bond donors (Lipinski definition) is 1. The Morgan fingerprint density at radius 1 is 1.21 bits per heavy atom. The number of aromatic nitrogens is 2. The molecular weight excluding hydrogens is 420 g/mol. The van der Waals surface area contributed by atoms with Gasteiger partial charge in [0, 0.05) is 49.1 Å². The number of anilines is 1. The molecular formula is C25H34N4O4. The van der Waals surface area contributed by atoms with E-state index >= 15 is 0 Å². The smallest absolute Gasteiger partial charge is 0.412 e. The minimum atomic E-state index is -0.911. The van der Waals surface area contributed by atoms with E-state index in [1.165, 1.54) is 11.3 Å². The van der Waals surface area contributed by atoms with E-state index in [0.29, 0.717) is 0 Å². The van der Waals surface area contributed by atoms with Crippen molar-refractivity contribution in [2.24, 2.45) is 0 Å². The van der Waals surface area contributed by atoms with Gasteiger partial charge in [0.05, 0.1) is 30.1 Å². The predicted octanol–water partition coefficient (Wildman–Crippen LogP) is 4.19. The molecule has 0 bridgehead atoms. The third-order valence-corrected chi connectivity index (χ3v) is 7.57. The molecule has 178 valence electrons. The van der Waals surface area contributed by atoms with E-state index in [1.807, 2.05) is 29.9 Å². The normalized spacial score (nSPS) is 26.0. The van der Waals surface area contributed by atoms with Crippen molar-refractivity contribution < 1.29 is 19.4 Å². The van der Waals surface area contributed by atoms with Crippen LogP contribution in [0.1, 0.15) is 50.6 Å². The summed E-state index contributed by atoms with van der Waals surface area (Å²) in [5.74, 6) is 0.835. The molecule has 3 atom stereocenters. The summed E-state index contributed by atoms with van der Waals surface area (Å²) in [6.07, 6.45) is 9.24. The highest BCUT2D eigenvalue weighted by molar-refractivity contribution is 5.91. The van der Waals surface area contributed by atoms with Gasteiger partial charge in [-0.05, 0) is 64.6 Å². The van der Waals surface area contributed by atoms with Crippen LogP contribution >= 0.6 is 0 Å². The molecule has 8 nitrogen and oxygen atoms in total. The Balaban J connectivity index is 1.53. The molecule has 1 N–H and O–H groups in total. The summed E-state index contributed by atoms with van der Waals surface area (Å²) in [5.41, 5.74) is 3.75. The maximum Gasteiger partial charge on any atom is 0.412 e. The number of rotatable bonds is 5. The summed E-state index contributed by atoms with van der Waals surface area (Å²) in [5, 5.41) is 14.6. The Morgan fingerprint density at radius 3 is 2.73 bits per heavy atom. The van der Waals surface area contributed by atoms with Crippen LogP contribution in [0.3, 0.4) is 0 Å². The lowest BCUT2D eigenvalue weighted by molar-refractivity contribution is -0.00195. The van der Waals surface area contributed by atoms with Crippen molar-refractivity contribution in [1.82, 2.24) is 14.7 Å². The Labute approximate surface area is 195 Å². The fraction of sp³-hybridized carbons (Fsp3) is 0.600. The Bertz CT molecular complexity index is 1020. The van der Waals surface area contributed by atoms with Crippen LogP contribution in [0.5, 0.6) is 5.75 Å². The number of methoxy groups -OCH3 is 1. The van der Waals surface area contributed by atoms with E-state index in [-0.39, 0.29) is 24.3 Å². The molecule has 1 aliphatic carbocycles. The van der Waals surface area contributed by atoms with Crippen molar-refractivity contribution in [1.29, 1.82) is 0 Å². The molecule has 2 aromatic rings. The predicted molar refractivity (Wildman–Crippen MR) is 126 cm³/mol. The lowest BCUT2D eigenvalue weighted by atomic mass is 9.91. The number of piperidine rings is 1. The number of likely N-dealkylation sites (N-methyl/N-ethyl adjacent to an activating group) is 1. The van der Waals surface area contributed by atoms with Gasteiger partial charge >= 0.3 is 6.09 Å². The van der Waals surface area contributed by atoms with Gasteiger partial charge in [0.2, 0.25) is 0 Å². The lowest BCUT2D eigenvalue weighted by Crippen LogP contribution is -2.43. The van der Waals surface area contributed by atoms with Crippen LogP contribution in [-0.2, 0) is 11.2 Å². The maximum atomic E-state index is 12.0. The van der Waals surface area contributed by atoms with E-state index in [1.54, 1.807) is 7.11 Å². The summed E-state index contributed by atoms with van der Waals surface area (Å²) < 4.78 is 14.3. The van der Waals surface area contributed by atoms with Gasteiger partial charge in [-0.25, -0.2) is 4.79 Å². The fourth-order valence-corrected chi connectivity index (χ4v) is 5.36. The molecule has 2 fully saturated rings. The summed E-state index contributed by atoms with van der Waals surface area (Å²) in [6, 6.07) is 4.09. The van der Waals surface area contributed by atoms with Crippen molar-refractivity contribution in [3.63, 3.8) is 0 Å². The van der Waals surface area contributed by atoms with E-state index < -0.39 is 6.09 Å². The first kappa shape index (κ1) is 22.2. The molecule has 33 heavy (non-hydrogen) atoms. The zero-order valence-corrected chi connectivity index (χ0v) is 19.7. The van der Waals surface area contributed by atoms with Crippen molar-refractivity contribution in [3.05, 3.63) is 30.1 Å². The quantitative estimate of drug-likeness (QED) is 0.730. The number of carboxylic acid groups (broad SMARTS) is 1. The van der Waals surface area contributed by atoms with Crippen molar-refractivity contribution in [3.8, 4) is 16.9 Å². The van der Waals surface area contributed by atoms with Gasteiger partial charge in [0.15, 0.2) is 0 Å². The highest BCUT2D eigenvalue weighted by Gasteiger charge is 2.34. The zero-order chi connectivity index (χ0) is 23.1. The summed E-state index contributed by atoms with van der Waals surface area (Å²) in [7, 11) is 3.89. The number of carbonyl (C=O) groups is 1. The maximum absolute atomic E-state index is 12.0. The molecule has 8 heteroatoms. The number of likely N-dealkylation sites (tertiary alicyclic amines) is 1. The van der Waals surface area contributed by atoms with Crippen molar-refractivity contribution >= 4 is 11.8 Å². The topological polar surface area (TPSA) is 80.1 Å². The zero-order valence-electron chi connectivity index (χ0n) is 19.7. The summed E-state index contributed by atoms with van der Waals surface area (Å²) in [6.45, 7) is 3.86. The number of benzene rings is 1. The molecule has 0 radical (unpaired) electrons. The van der Waals surface area contributed by atoms with Gasteiger partial charge in [-0.15, -0.1) is 0 Å². The van der Waals surface area contributed by atoms with Crippen LogP contribution in [0, 0.1) is 0 Å². The van der Waals surface area contributed by atoms with E-state index in [2.05, 4.69) is 18.1 Å². The van der Waals surface area contributed by atoms with Crippen molar-refractivity contribution in [2.45, 2.75) is 69.7 Å². The monoisotopic (exact) mass is 454 g/mol.